The minimum atomic E-state index is -0.409. The normalized spacial score (nSPS) is 15.5. The molecule has 2 aromatic carbocycles. The van der Waals surface area contributed by atoms with Crippen molar-refractivity contribution in [2.45, 2.75) is 6.04 Å². The Morgan fingerprint density at radius 3 is 1.96 bits per heavy atom. The van der Waals surface area contributed by atoms with Crippen LogP contribution >= 0.6 is 0 Å². The highest BCUT2D eigenvalue weighted by molar-refractivity contribution is 6.13. The number of hydrogen-bond acceptors (Lipinski definition) is 5. The highest BCUT2D eigenvalue weighted by atomic mass is 19.1. The van der Waals surface area contributed by atoms with Crippen molar-refractivity contribution in [3.8, 4) is 23.0 Å². The van der Waals surface area contributed by atoms with Gasteiger partial charge in [0.1, 0.15) is 6.04 Å². The maximum Gasteiger partial charge on any atom is 0.203 e. The third-order valence-corrected chi connectivity index (χ3v) is 3.91. The van der Waals surface area contributed by atoms with Crippen LogP contribution in [0, 0.1) is 5.82 Å². The summed E-state index contributed by atoms with van der Waals surface area (Å²) in [5.41, 5.74) is 2.44. The number of aliphatic imine (C=N–C) groups is 1. The molecule has 0 amide bonds. The minimum Gasteiger partial charge on any atom is -0.494 e. The first-order valence-corrected chi connectivity index (χ1v) is 7.34. The van der Waals surface area contributed by atoms with Crippen LogP contribution in [0.25, 0.3) is 0 Å². The Morgan fingerprint density at radius 2 is 1.46 bits per heavy atom. The predicted molar refractivity (Wildman–Crippen MR) is 88.3 cm³/mol. The lowest BCUT2D eigenvalue weighted by Crippen LogP contribution is -2.00. The first kappa shape index (κ1) is 16.1. The van der Waals surface area contributed by atoms with Crippen LogP contribution in [0.3, 0.4) is 0 Å². The van der Waals surface area contributed by atoms with Gasteiger partial charge in [-0.15, -0.1) is 0 Å². The zero-order valence-corrected chi connectivity index (χ0v) is 13.9. The average molecular weight is 331 g/mol. The van der Waals surface area contributed by atoms with Crippen molar-refractivity contribution in [2.24, 2.45) is 4.99 Å². The molecule has 24 heavy (non-hydrogen) atoms. The van der Waals surface area contributed by atoms with Gasteiger partial charge < -0.3 is 18.9 Å². The fourth-order valence-electron chi connectivity index (χ4n) is 2.65. The van der Waals surface area contributed by atoms with E-state index < -0.39 is 5.82 Å². The molecule has 5 nitrogen and oxygen atoms in total. The molecule has 0 fully saturated rings. The summed E-state index contributed by atoms with van der Waals surface area (Å²) in [6.45, 7) is 0. The summed E-state index contributed by atoms with van der Waals surface area (Å²) in [5, 5.41) is 0. The molecule has 0 aromatic heterocycles. The second-order valence-electron chi connectivity index (χ2n) is 5.22. The minimum absolute atomic E-state index is 0.147. The largest absolute Gasteiger partial charge is 0.494 e. The molecule has 0 bridgehead atoms. The van der Waals surface area contributed by atoms with E-state index in [1.807, 2.05) is 12.1 Å². The number of halogens is 1. The van der Waals surface area contributed by atoms with E-state index in [1.54, 1.807) is 33.5 Å². The molecule has 0 N–H and O–H groups in total. The lowest BCUT2D eigenvalue weighted by molar-refractivity contribution is 0.324. The summed E-state index contributed by atoms with van der Waals surface area (Å²) >= 11 is 0. The molecule has 126 valence electrons. The summed E-state index contributed by atoms with van der Waals surface area (Å²) in [6.07, 6.45) is 0. The molecule has 0 saturated carbocycles. The lowest BCUT2D eigenvalue weighted by atomic mass is 10.0. The second kappa shape index (κ2) is 6.39. The van der Waals surface area contributed by atoms with E-state index in [1.165, 1.54) is 13.2 Å². The molecule has 0 aliphatic carbocycles. The van der Waals surface area contributed by atoms with Crippen molar-refractivity contribution in [3.05, 3.63) is 47.3 Å². The van der Waals surface area contributed by atoms with Crippen molar-refractivity contribution in [2.75, 3.05) is 28.4 Å². The van der Waals surface area contributed by atoms with Crippen LogP contribution in [0.4, 0.5) is 4.39 Å². The maximum atomic E-state index is 13.9. The maximum absolute atomic E-state index is 13.9. The van der Waals surface area contributed by atoms with Gasteiger partial charge in [0.05, 0.1) is 34.2 Å². The van der Waals surface area contributed by atoms with E-state index in [0.717, 1.165) is 16.8 Å². The van der Waals surface area contributed by atoms with E-state index in [0.29, 0.717) is 17.2 Å². The van der Waals surface area contributed by atoms with Gasteiger partial charge >= 0.3 is 0 Å². The van der Waals surface area contributed by atoms with E-state index in [2.05, 4.69) is 4.99 Å². The Kier molecular flexibility index (Phi) is 4.29. The van der Waals surface area contributed by atoms with E-state index in [4.69, 9.17) is 18.9 Å². The fourth-order valence-corrected chi connectivity index (χ4v) is 2.65. The van der Waals surface area contributed by atoms with Gasteiger partial charge in [-0.1, -0.05) is 0 Å². The summed E-state index contributed by atoms with van der Waals surface area (Å²) in [7, 11) is 6.12. The summed E-state index contributed by atoms with van der Waals surface area (Å²) in [4.78, 5) is 4.46. The molecular formula is C18H18FNO4. The molecule has 2 aromatic rings. The molecule has 1 heterocycles. The third-order valence-electron chi connectivity index (χ3n) is 3.91. The van der Waals surface area contributed by atoms with Gasteiger partial charge in [-0.25, -0.2) is 4.39 Å². The number of methoxy groups -OCH3 is 4. The lowest BCUT2D eigenvalue weighted by Gasteiger charge is -2.13. The molecule has 1 aliphatic rings. The van der Waals surface area contributed by atoms with E-state index in [9.17, 15) is 4.39 Å². The molecule has 0 radical (unpaired) electrons. The van der Waals surface area contributed by atoms with Gasteiger partial charge in [-0.2, -0.15) is 0 Å². The number of rotatable bonds is 6. The van der Waals surface area contributed by atoms with Gasteiger partial charge in [0.2, 0.25) is 5.75 Å². The molecular weight excluding hydrogens is 313 g/mol. The molecule has 1 aliphatic heterocycles. The molecule has 3 rings (SSSR count). The van der Waals surface area contributed by atoms with Crippen LogP contribution in [0.2, 0.25) is 0 Å². The number of benzene rings is 2. The Bertz CT molecular complexity index is 779. The smallest absolute Gasteiger partial charge is 0.203 e. The van der Waals surface area contributed by atoms with Crippen molar-refractivity contribution in [3.63, 3.8) is 0 Å². The van der Waals surface area contributed by atoms with Crippen molar-refractivity contribution >= 4 is 5.71 Å². The quantitative estimate of drug-likeness (QED) is 0.814. The molecule has 0 spiro atoms. The fraction of sp³-hybridized carbons (Fsp3) is 0.278. The van der Waals surface area contributed by atoms with Crippen LogP contribution in [-0.4, -0.2) is 34.2 Å². The number of ether oxygens (including phenoxy) is 4. The molecule has 1 atom stereocenters. The highest BCUT2D eigenvalue weighted by Crippen LogP contribution is 2.44. The summed E-state index contributed by atoms with van der Waals surface area (Å²) in [5.74, 6) is 1.46. The summed E-state index contributed by atoms with van der Waals surface area (Å²) in [6, 6.07) is 8.36. The average Bonchev–Trinajstić information content (AvgIpc) is 3.41. The Labute approximate surface area is 139 Å². The zero-order chi connectivity index (χ0) is 17.3. The molecule has 1 unspecified atom stereocenters. The van der Waals surface area contributed by atoms with Gasteiger partial charge in [-0.3, -0.25) is 4.99 Å². The van der Waals surface area contributed by atoms with E-state index >= 15 is 0 Å². The van der Waals surface area contributed by atoms with Crippen LogP contribution < -0.4 is 18.9 Å². The topological polar surface area (TPSA) is 49.3 Å². The Hall–Kier alpha value is -2.76. The first-order chi connectivity index (χ1) is 11.6. The van der Waals surface area contributed by atoms with Crippen LogP contribution in [-0.2, 0) is 0 Å². The van der Waals surface area contributed by atoms with Crippen molar-refractivity contribution < 1.29 is 23.3 Å². The predicted octanol–water partition coefficient (Wildman–Crippen LogP) is 3.40. The second-order valence-corrected chi connectivity index (χ2v) is 5.22. The van der Waals surface area contributed by atoms with Gasteiger partial charge in [0, 0.05) is 5.56 Å². The van der Waals surface area contributed by atoms with Crippen LogP contribution in [0.15, 0.2) is 35.3 Å². The van der Waals surface area contributed by atoms with Gasteiger partial charge in [0.15, 0.2) is 23.1 Å². The first-order valence-electron chi connectivity index (χ1n) is 7.34. The van der Waals surface area contributed by atoms with Crippen molar-refractivity contribution in [1.82, 2.24) is 0 Å². The highest BCUT2D eigenvalue weighted by Gasteiger charge is 2.33. The SMILES string of the molecule is COc1ccc(C2=NC2c2cc(OC)c(OC)c(OC)c2)cc1F. The molecule has 6 heteroatoms. The zero-order valence-electron chi connectivity index (χ0n) is 13.9. The Morgan fingerprint density at radius 1 is 0.833 bits per heavy atom. The van der Waals surface area contributed by atoms with Crippen LogP contribution in [0.5, 0.6) is 23.0 Å². The summed E-state index contributed by atoms with van der Waals surface area (Å²) < 4.78 is 34.8. The molecule has 0 saturated heterocycles. The third kappa shape index (κ3) is 2.75. The number of hydrogen-bond donors (Lipinski definition) is 0. The van der Waals surface area contributed by atoms with E-state index in [-0.39, 0.29) is 11.8 Å². The Balaban J connectivity index is 1.89. The van der Waals surface area contributed by atoms with Crippen LogP contribution in [0.1, 0.15) is 17.2 Å². The van der Waals surface area contributed by atoms with Gasteiger partial charge in [-0.05, 0) is 35.9 Å². The van der Waals surface area contributed by atoms with Crippen molar-refractivity contribution in [1.29, 1.82) is 0 Å². The standard InChI is InChI=1S/C18H18FNO4/c1-21-13-6-5-10(7-12(13)19)16-17(20-16)11-8-14(22-2)18(24-4)15(9-11)23-3/h5-9,17H,1-4H3. The number of nitrogens with zero attached hydrogens (tertiary/aromatic N) is 1. The monoisotopic (exact) mass is 331 g/mol. The van der Waals surface area contributed by atoms with Gasteiger partial charge in [0.25, 0.3) is 0 Å².